The predicted octanol–water partition coefficient (Wildman–Crippen LogP) is 2.57. The lowest BCUT2D eigenvalue weighted by Gasteiger charge is -2.22. The molecule has 1 aromatic heterocycles. The zero-order valence-corrected chi connectivity index (χ0v) is 14.5. The molecule has 0 bridgehead atoms. The minimum Gasteiger partial charge on any atom is -0.462 e. The van der Waals surface area contributed by atoms with Crippen LogP contribution in [0.15, 0.2) is 30.1 Å². The zero-order chi connectivity index (χ0) is 17.4. The van der Waals surface area contributed by atoms with Crippen LogP contribution in [0.25, 0.3) is 0 Å². The normalized spacial score (nSPS) is 11.3. The molecule has 0 atom stereocenters. The number of halogens is 1. The van der Waals surface area contributed by atoms with Crippen molar-refractivity contribution in [2.75, 3.05) is 13.7 Å². The Morgan fingerprint density at radius 3 is 2.61 bits per heavy atom. The number of carbonyl (C=O) groups is 2. The smallest absolute Gasteiger partial charge is 0.354 e. The van der Waals surface area contributed by atoms with Crippen LogP contribution in [-0.2, 0) is 25.6 Å². The topological polar surface area (TPSA) is 68.7 Å². The van der Waals surface area contributed by atoms with Gasteiger partial charge in [-0.15, -0.1) is 0 Å². The fourth-order valence-corrected chi connectivity index (χ4v) is 1.88. The van der Waals surface area contributed by atoms with E-state index in [1.807, 2.05) is 6.07 Å². The van der Waals surface area contributed by atoms with E-state index in [9.17, 15) is 9.59 Å². The molecule has 0 aromatic carbocycles. The first-order valence-electron chi connectivity index (χ1n) is 7.15. The van der Waals surface area contributed by atoms with Crippen molar-refractivity contribution >= 4 is 23.5 Å². The lowest BCUT2D eigenvalue weighted by atomic mass is 10.2. The second kappa shape index (κ2) is 9.15. The van der Waals surface area contributed by atoms with Crippen molar-refractivity contribution in [3.05, 3.63) is 40.8 Å². The molecule has 0 fully saturated rings. The van der Waals surface area contributed by atoms with Crippen LogP contribution >= 0.6 is 11.6 Å². The highest BCUT2D eigenvalue weighted by atomic mass is 35.5. The maximum atomic E-state index is 12.2. The summed E-state index contributed by atoms with van der Waals surface area (Å²) in [5.74, 6) is -0.890. The van der Waals surface area contributed by atoms with Gasteiger partial charge in [-0.05, 0) is 31.6 Å². The molecule has 126 valence electrons. The van der Waals surface area contributed by atoms with Crippen LogP contribution in [0.3, 0.4) is 0 Å². The molecule has 0 saturated heterocycles. The first kappa shape index (κ1) is 19.0. The van der Waals surface area contributed by atoms with Gasteiger partial charge in [-0.2, -0.15) is 0 Å². The van der Waals surface area contributed by atoms with Gasteiger partial charge in [0.25, 0.3) is 0 Å². The van der Waals surface area contributed by atoms with E-state index in [0.29, 0.717) is 17.4 Å². The van der Waals surface area contributed by atoms with Crippen LogP contribution in [0.5, 0.6) is 0 Å². The molecule has 0 N–H and O–H groups in total. The fourth-order valence-electron chi connectivity index (χ4n) is 1.77. The summed E-state index contributed by atoms with van der Waals surface area (Å²) in [6, 6.07) is 3.50. The van der Waals surface area contributed by atoms with Crippen LogP contribution in [0.4, 0.5) is 0 Å². The Balaban J connectivity index is 2.85. The third-order valence-electron chi connectivity index (χ3n) is 2.73. The highest BCUT2D eigenvalue weighted by Crippen LogP contribution is 2.13. The van der Waals surface area contributed by atoms with Crippen molar-refractivity contribution in [3.63, 3.8) is 0 Å². The van der Waals surface area contributed by atoms with Crippen molar-refractivity contribution in [2.24, 2.45) is 0 Å². The molecule has 0 saturated carbocycles. The van der Waals surface area contributed by atoms with E-state index in [2.05, 4.69) is 4.98 Å². The quantitative estimate of drug-likeness (QED) is 0.431. The van der Waals surface area contributed by atoms with Crippen molar-refractivity contribution in [1.29, 1.82) is 0 Å². The Hall–Kier alpha value is -2.08. The minimum atomic E-state index is -0.475. The van der Waals surface area contributed by atoms with Gasteiger partial charge in [0.2, 0.25) is 0 Å². The molecule has 0 unspecified atom stereocenters. The Morgan fingerprint density at radius 1 is 1.39 bits per heavy atom. The fraction of sp³-hybridized carbons (Fsp3) is 0.438. The lowest BCUT2D eigenvalue weighted by molar-refractivity contribution is -0.145. The standard InChI is InChI=1S/C16H21ClN2O4/c1-11(2)23-16(21)14(7-8-22-12(3)20)19(4)10-13-5-6-15(17)18-9-13/h5-7,9,11H,8,10H2,1-4H3/b14-7+. The number of esters is 2. The molecular weight excluding hydrogens is 320 g/mol. The molecule has 0 aliphatic rings. The van der Waals surface area contributed by atoms with Crippen molar-refractivity contribution < 1.29 is 19.1 Å². The van der Waals surface area contributed by atoms with Gasteiger partial charge >= 0.3 is 11.9 Å². The number of aromatic nitrogens is 1. The van der Waals surface area contributed by atoms with Crippen LogP contribution in [-0.4, -0.2) is 41.6 Å². The molecule has 1 rings (SSSR count). The van der Waals surface area contributed by atoms with Gasteiger partial charge in [0.1, 0.15) is 17.5 Å². The van der Waals surface area contributed by atoms with Crippen LogP contribution < -0.4 is 0 Å². The van der Waals surface area contributed by atoms with Gasteiger partial charge < -0.3 is 14.4 Å². The second-order valence-electron chi connectivity index (χ2n) is 5.19. The maximum Gasteiger partial charge on any atom is 0.354 e. The average molecular weight is 341 g/mol. The molecule has 0 spiro atoms. The Bertz CT molecular complexity index is 570. The van der Waals surface area contributed by atoms with Crippen molar-refractivity contribution in [2.45, 2.75) is 33.4 Å². The third kappa shape index (κ3) is 7.15. The molecule has 0 aliphatic carbocycles. The summed E-state index contributed by atoms with van der Waals surface area (Å²) in [6.45, 7) is 5.28. The van der Waals surface area contributed by atoms with Gasteiger partial charge in [0.15, 0.2) is 0 Å². The first-order chi connectivity index (χ1) is 10.8. The Morgan fingerprint density at radius 2 is 2.09 bits per heavy atom. The number of likely N-dealkylation sites (N-methyl/N-ethyl adjacent to an activating group) is 1. The lowest BCUT2D eigenvalue weighted by Crippen LogP contribution is -2.27. The molecule has 7 heteroatoms. The molecule has 1 heterocycles. The van der Waals surface area contributed by atoms with Gasteiger partial charge in [-0.3, -0.25) is 4.79 Å². The Kier molecular flexibility index (Phi) is 7.54. The Labute approximate surface area is 141 Å². The number of nitrogens with zero attached hydrogens (tertiary/aromatic N) is 2. The SMILES string of the molecule is CC(=O)OC/C=C(\C(=O)OC(C)C)N(C)Cc1ccc(Cl)nc1. The van der Waals surface area contributed by atoms with Gasteiger partial charge in [0, 0.05) is 26.7 Å². The molecule has 1 aromatic rings. The maximum absolute atomic E-state index is 12.2. The zero-order valence-electron chi connectivity index (χ0n) is 13.7. The van der Waals surface area contributed by atoms with E-state index in [1.165, 1.54) is 13.0 Å². The number of rotatable bonds is 7. The second-order valence-corrected chi connectivity index (χ2v) is 5.58. The molecule has 0 radical (unpaired) electrons. The summed E-state index contributed by atoms with van der Waals surface area (Å²) in [5.41, 5.74) is 1.20. The minimum absolute atomic E-state index is 0.00106. The summed E-state index contributed by atoms with van der Waals surface area (Å²) in [4.78, 5) is 28.8. The predicted molar refractivity (Wildman–Crippen MR) is 86.7 cm³/mol. The summed E-state index contributed by atoms with van der Waals surface area (Å²) in [7, 11) is 1.75. The van der Waals surface area contributed by atoms with E-state index in [0.717, 1.165) is 5.56 Å². The highest BCUT2D eigenvalue weighted by Gasteiger charge is 2.17. The van der Waals surface area contributed by atoms with Crippen LogP contribution in [0.1, 0.15) is 26.3 Å². The number of hydrogen-bond donors (Lipinski definition) is 0. The number of carbonyl (C=O) groups excluding carboxylic acids is 2. The largest absolute Gasteiger partial charge is 0.462 e. The number of ether oxygens (including phenoxy) is 2. The van der Waals surface area contributed by atoms with E-state index < -0.39 is 11.9 Å². The van der Waals surface area contributed by atoms with E-state index in [4.69, 9.17) is 21.1 Å². The number of hydrogen-bond acceptors (Lipinski definition) is 6. The first-order valence-corrected chi connectivity index (χ1v) is 7.53. The van der Waals surface area contributed by atoms with Crippen molar-refractivity contribution in [1.82, 2.24) is 9.88 Å². The summed E-state index contributed by atoms with van der Waals surface area (Å²) in [6.07, 6.45) is 2.91. The van der Waals surface area contributed by atoms with E-state index in [-0.39, 0.29) is 12.7 Å². The molecule has 23 heavy (non-hydrogen) atoms. The third-order valence-corrected chi connectivity index (χ3v) is 2.96. The summed E-state index contributed by atoms with van der Waals surface area (Å²) < 4.78 is 10.1. The van der Waals surface area contributed by atoms with Gasteiger partial charge in [-0.1, -0.05) is 17.7 Å². The van der Waals surface area contributed by atoms with E-state index >= 15 is 0 Å². The van der Waals surface area contributed by atoms with Crippen molar-refractivity contribution in [3.8, 4) is 0 Å². The molecule has 0 amide bonds. The summed E-state index contributed by atoms with van der Waals surface area (Å²) >= 11 is 5.76. The molecular formula is C16H21ClN2O4. The molecule has 0 aliphatic heterocycles. The molecule has 6 nitrogen and oxygen atoms in total. The highest BCUT2D eigenvalue weighted by molar-refractivity contribution is 6.29. The van der Waals surface area contributed by atoms with Crippen LogP contribution in [0.2, 0.25) is 5.15 Å². The van der Waals surface area contributed by atoms with Gasteiger partial charge in [0.05, 0.1) is 6.10 Å². The summed E-state index contributed by atoms with van der Waals surface area (Å²) in [5, 5.41) is 0.404. The average Bonchev–Trinajstić information content (AvgIpc) is 2.44. The van der Waals surface area contributed by atoms with Crippen LogP contribution in [0, 0.1) is 0 Å². The number of pyridine rings is 1. The van der Waals surface area contributed by atoms with Gasteiger partial charge in [-0.25, -0.2) is 9.78 Å². The monoisotopic (exact) mass is 340 g/mol. The van der Waals surface area contributed by atoms with E-state index in [1.54, 1.807) is 38.1 Å².